The third-order valence-corrected chi connectivity index (χ3v) is 4.12. The van der Waals surface area contributed by atoms with Gasteiger partial charge in [0.15, 0.2) is 17.0 Å². The first kappa shape index (κ1) is 17.7. The van der Waals surface area contributed by atoms with E-state index in [4.69, 9.17) is 16.3 Å². The van der Waals surface area contributed by atoms with Gasteiger partial charge in [0.1, 0.15) is 5.60 Å². The molecule has 3 heterocycles. The van der Waals surface area contributed by atoms with Crippen LogP contribution in [0.2, 0.25) is 5.28 Å². The maximum Gasteiger partial charge on any atom is 0.407 e. The van der Waals surface area contributed by atoms with Crippen molar-refractivity contribution in [2.75, 3.05) is 18.0 Å². The van der Waals surface area contributed by atoms with E-state index >= 15 is 0 Å². The Labute approximate surface area is 151 Å². The molecule has 1 N–H and O–H groups in total. The standard InChI is InChI=1S/C16H23ClN6O2/c1-16(2,3)25-15(24)19-10-6-5-7-23(8-10)13-11-12(20-14(17)21-13)22(4)9-18-11/h9-10H,5-8H2,1-4H3,(H,19,24)/t10-/m1/s1. The van der Waals surface area contributed by atoms with Gasteiger partial charge in [-0.05, 0) is 45.2 Å². The number of fused-ring (bicyclic) bond motifs is 1. The summed E-state index contributed by atoms with van der Waals surface area (Å²) in [6, 6.07) is -0.0175. The van der Waals surface area contributed by atoms with E-state index in [9.17, 15) is 4.79 Å². The lowest BCUT2D eigenvalue weighted by atomic mass is 10.1. The van der Waals surface area contributed by atoms with E-state index in [0.29, 0.717) is 23.5 Å². The molecule has 2 aromatic rings. The van der Waals surface area contributed by atoms with Crippen molar-refractivity contribution < 1.29 is 9.53 Å². The number of hydrogen-bond acceptors (Lipinski definition) is 6. The number of rotatable bonds is 2. The zero-order chi connectivity index (χ0) is 18.2. The minimum atomic E-state index is -0.515. The molecule has 1 fully saturated rings. The molecule has 1 saturated heterocycles. The Hall–Kier alpha value is -2.09. The van der Waals surface area contributed by atoms with Gasteiger partial charge in [-0.15, -0.1) is 0 Å². The second-order valence-corrected chi connectivity index (χ2v) is 7.61. The average Bonchev–Trinajstić information content (AvgIpc) is 2.86. The number of hydrogen-bond donors (Lipinski definition) is 1. The molecule has 1 amide bonds. The molecule has 2 aromatic heterocycles. The zero-order valence-corrected chi connectivity index (χ0v) is 15.7. The van der Waals surface area contributed by atoms with E-state index in [1.807, 2.05) is 32.4 Å². The van der Waals surface area contributed by atoms with Gasteiger partial charge in [-0.2, -0.15) is 9.97 Å². The van der Waals surface area contributed by atoms with Gasteiger partial charge in [0, 0.05) is 26.2 Å². The number of carbonyl (C=O) groups is 1. The maximum absolute atomic E-state index is 12.0. The minimum Gasteiger partial charge on any atom is -0.444 e. The zero-order valence-electron chi connectivity index (χ0n) is 14.9. The Morgan fingerprint density at radius 2 is 2.16 bits per heavy atom. The summed E-state index contributed by atoms with van der Waals surface area (Å²) < 4.78 is 7.16. The number of aryl methyl sites for hydroxylation is 1. The van der Waals surface area contributed by atoms with Gasteiger partial charge in [-0.25, -0.2) is 9.78 Å². The second-order valence-electron chi connectivity index (χ2n) is 7.28. The van der Waals surface area contributed by atoms with Crippen LogP contribution in [-0.4, -0.2) is 50.3 Å². The van der Waals surface area contributed by atoms with E-state index in [-0.39, 0.29) is 11.3 Å². The van der Waals surface area contributed by atoms with Crippen molar-refractivity contribution in [2.45, 2.75) is 45.3 Å². The number of piperidine rings is 1. The summed E-state index contributed by atoms with van der Waals surface area (Å²) in [5.74, 6) is 0.700. The highest BCUT2D eigenvalue weighted by Crippen LogP contribution is 2.26. The summed E-state index contributed by atoms with van der Waals surface area (Å²) in [7, 11) is 1.87. The lowest BCUT2D eigenvalue weighted by Crippen LogP contribution is -2.49. The van der Waals surface area contributed by atoms with E-state index in [2.05, 4.69) is 25.2 Å². The third kappa shape index (κ3) is 4.12. The molecule has 3 rings (SSSR count). The number of alkyl carbamates (subject to hydrolysis) is 1. The lowest BCUT2D eigenvalue weighted by molar-refractivity contribution is 0.0500. The first-order valence-electron chi connectivity index (χ1n) is 8.32. The molecule has 9 heteroatoms. The number of nitrogens with zero attached hydrogens (tertiary/aromatic N) is 5. The monoisotopic (exact) mass is 366 g/mol. The van der Waals surface area contributed by atoms with Crippen LogP contribution in [0.4, 0.5) is 10.6 Å². The molecule has 0 aromatic carbocycles. The SMILES string of the molecule is Cn1cnc2c(N3CCC[C@@H](NC(=O)OC(C)(C)C)C3)nc(Cl)nc21. The van der Waals surface area contributed by atoms with E-state index < -0.39 is 11.7 Å². The Balaban J connectivity index is 1.77. The molecular weight excluding hydrogens is 344 g/mol. The maximum atomic E-state index is 12.0. The van der Waals surface area contributed by atoms with Gasteiger partial charge >= 0.3 is 6.09 Å². The molecule has 0 unspecified atom stereocenters. The van der Waals surface area contributed by atoms with Crippen molar-refractivity contribution in [3.63, 3.8) is 0 Å². The molecule has 0 bridgehead atoms. The number of anilines is 1. The molecule has 0 spiro atoms. The van der Waals surface area contributed by atoms with Crippen molar-refractivity contribution in [2.24, 2.45) is 7.05 Å². The van der Waals surface area contributed by atoms with Crippen LogP contribution in [0.3, 0.4) is 0 Å². The number of carbonyl (C=O) groups excluding carboxylic acids is 1. The summed E-state index contributed by atoms with van der Waals surface area (Å²) in [5.41, 5.74) is 0.890. The molecule has 136 valence electrons. The summed E-state index contributed by atoms with van der Waals surface area (Å²) in [6.45, 7) is 6.99. The summed E-state index contributed by atoms with van der Waals surface area (Å²) >= 11 is 6.09. The number of halogens is 1. The highest BCUT2D eigenvalue weighted by Gasteiger charge is 2.27. The number of imidazole rings is 1. The van der Waals surface area contributed by atoms with Crippen molar-refractivity contribution >= 4 is 34.7 Å². The largest absolute Gasteiger partial charge is 0.444 e. The number of ether oxygens (including phenoxy) is 1. The molecule has 1 aliphatic heterocycles. The van der Waals surface area contributed by atoms with Crippen LogP contribution in [0.5, 0.6) is 0 Å². The van der Waals surface area contributed by atoms with Gasteiger partial charge in [0.05, 0.1) is 6.33 Å². The van der Waals surface area contributed by atoms with Crippen LogP contribution in [0.25, 0.3) is 11.2 Å². The van der Waals surface area contributed by atoms with Crippen molar-refractivity contribution in [3.8, 4) is 0 Å². The molecule has 0 saturated carbocycles. The van der Waals surface area contributed by atoms with Gasteiger partial charge < -0.3 is 19.5 Å². The average molecular weight is 367 g/mol. The summed E-state index contributed by atoms with van der Waals surface area (Å²) in [5, 5.41) is 3.13. The fourth-order valence-electron chi connectivity index (χ4n) is 2.95. The van der Waals surface area contributed by atoms with Gasteiger partial charge in [0.2, 0.25) is 5.28 Å². The van der Waals surface area contributed by atoms with Crippen LogP contribution in [-0.2, 0) is 11.8 Å². The molecule has 25 heavy (non-hydrogen) atoms. The predicted octanol–water partition coefficient (Wildman–Crippen LogP) is 2.51. The molecule has 1 aliphatic rings. The van der Waals surface area contributed by atoms with Crippen molar-refractivity contribution in [1.29, 1.82) is 0 Å². The second kappa shape index (κ2) is 6.67. The quantitative estimate of drug-likeness (QED) is 0.822. The van der Waals surface area contributed by atoms with Crippen LogP contribution < -0.4 is 10.2 Å². The highest BCUT2D eigenvalue weighted by molar-refractivity contribution is 6.28. The predicted molar refractivity (Wildman–Crippen MR) is 95.9 cm³/mol. The van der Waals surface area contributed by atoms with Crippen LogP contribution in [0.1, 0.15) is 33.6 Å². The smallest absolute Gasteiger partial charge is 0.407 e. The fraction of sp³-hybridized carbons (Fsp3) is 0.625. The Morgan fingerprint density at radius 3 is 2.88 bits per heavy atom. The highest BCUT2D eigenvalue weighted by atomic mass is 35.5. The lowest BCUT2D eigenvalue weighted by Gasteiger charge is -2.34. The first-order valence-corrected chi connectivity index (χ1v) is 8.70. The van der Waals surface area contributed by atoms with E-state index in [1.54, 1.807) is 6.33 Å². The Bertz CT molecular complexity index is 785. The number of nitrogens with one attached hydrogen (secondary N) is 1. The minimum absolute atomic E-state index is 0.0175. The normalized spacial score (nSPS) is 18.4. The molecular formula is C16H23ClN6O2. The van der Waals surface area contributed by atoms with Crippen molar-refractivity contribution in [3.05, 3.63) is 11.6 Å². The summed E-state index contributed by atoms with van der Waals surface area (Å²) in [4.78, 5) is 27.1. The summed E-state index contributed by atoms with van der Waals surface area (Å²) in [6.07, 6.45) is 3.11. The van der Waals surface area contributed by atoms with Crippen LogP contribution in [0, 0.1) is 0 Å². The molecule has 8 nitrogen and oxygen atoms in total. The first-order chi connectivity index (χ1) is 11.7. The van der Waals surface area contributed by atoms with E-state index in [0.717, 1.165) is 19.4 Å². The van der Waals surface area contributed by atoms with Gasteiger partial charge in [-0.3, -0.25) is 0 Å². The molecule has 1 atom stereocenters. The van der Waals surface area contributed by atoms with Crippen LogP contribution in [0.15, 0.2) is 6.33 Å². The fourth-order valence-corrected chi connectivity index (χ4v) is 3.11. The van der Waals surface area contributed by atoms with Crippen LogP contribution >= 0.6 is 11.6 Å². The Morgan fingerprint density at radius 1 is 1.40 bits per heavy atom. The van der Waals surface area contributed by atoms with E-state index in [1.165, 1.54) is 0 Å². The topological polar surface area (TPSA) is 85.2 Å². The number of aromatic nitrogens is 4. The number of amides is 1. The van der Waals surface area contributed by atoms with Gasteiger partial charge in [-0.1, -0.05) is 0 Å². The van der Waals surface area contributed by atoms with Gasteiger partial charge in [0.25, 0.3) is 0 Å². The van der Waals surface area contributed by atoms with Crippen molar-refractivity contribution in [1.82, 2.24) is 24.8 Å². The molecule has 0 aliphatic carbocycles. The Kier molecular flexibility index (Phi) is 4.73. The molecule has 0 radical (unpaired) electrons. The third-order valence-electron chi connectivity index (χ3n) is 3.96.